The summed E-state index contributed by atoms with van der Waals surface area (Å²) in [4.78, 5) is 17.9. The van der Waals surface area contributed by atoms with Gasteiger partial charge in [0.1, 0.15) is 5.01 Å². The maximum atomic E-state index is 12.3. The molecule has 0 aliphatic heterocycles. The molecule has 1 atom stereocenters. The first-order valence-electron chi connectivity index (χ1n) is 8.75. The van der Waals surface area contributed by atoms with Crippen molar-refractivity contribution in [1.29, 1.82) is 0 Å². The molecule has 0 aromatic carbocycles. The standard InChI is InChI=1S/C17H27N3O2S/c1-12-10-18-15(23-12)14(13-6-7-13)20-16(21)19-11-17(22)8-4-2-3-5-9-17/h10,13-14,22H,2-9,11H2,1H3,(H2,19,20,21)/t14-/m0/s1. The second-order valence-corrected chi connectivity index (χ2v) is 8.36. The molecule has 0 radical (unpaired) electrons. The van der Waals surface area contributed by atoms with E-state index in [2.05, 4.69) is 15.6 Å². The minimum Gasteiger partial charge on any atom is -0.388 e. The summed E-state index contributed by atoms with van der Waals surface area (Å²) in [6.07, 6.45) is 10.2. The molecule has 2 fully saturated rings. The van der Waals surface area contributed by atoms with Gasteiger partial charge in [-0.25, -0.2) is 9.78 Å². The summed E-state index contributed by atoms with van der Waals surface area (Å²) in [5.41, 5.74) is -0.735. The molecular formula is C17H27N3O2S. The number of nitrogens with one attached hydrogen (secondary N) is 2. The molecule has 2 aliphatic carbocycles. The van der Waals surface area contributed by atoms with Crippen LogP contribution in [0.25, 0.3) is 0 Å². The third-order valence-corrected chi connectivity index (χ3v) is 5.89. The van der Waals surface area contributed by atoms with Gasteiger partial charge in [-0.3, -0.25) is 0 Å². The fourth-order valence-electron chi connectivity index (χ4n) is 3.33. The van der Waals surface area contributed by atoms with E-state index in [4.69, 9.17) is 0 Å². The third kappa shape index (κ3) is 4.67. The summed E-state index contributed by atoms with van der Waals surface area (Å²) in [6, 6.07) is -0.176. The minimum atomic E-state index is -0.735. The molecule has 1 aromatic rings. The summed E-state index contributed by atoms with van der Waals surface area (Å²) < 4.78 is 0. The number of thiazole rings is 1. The number of amides is 2. The van der Waals surface area contributed by atoms with Gasteiger partial charge in [-0.2, -0.15) is 0 Å². The van der Waals surface area contributed by atoms with Crippen LogP contribution in [0.1, 0.15) is 67.3 Å². The second-order valence-electron chi connectivity index (χ2n) is 7.09. The van der Waals surface area contributed by atoms with Crippen molar-refractivity contribution < 1.29 is 9.90 Å². The van der Waals surface area contributed by atoms with Crippen LogP contribution in [0.3, 0.4) is 0 Å². The molecule has 0 spiro atoms. The van der Waals surface area contributed by atoms with E-state index in [1.807, 2.05) is 13.1 Å². The van der Waals surface area contributed by atoms with E-state index in [1.165, 1.54) is 17.7 Å². The van der Waals surface area contributed by atoms with E-state index in [-0.39, 0.29) is 12.1 Å². The maximum absolute atomic E-state index is 12.3. The highest BCUT2D eigenvalue weighted by atomic mass is 32.1. The number of aromatic nitrogens is 1. The molecule has 0 bridgehead atoms. The van der Waals surface area contributed by atoms with Crippen molar-refractivity contribution in [2.75, 3.05) is 6.54 Å². The highest BCUT2D eigenvalue weighted by molar-refractivity contribution is 7.11. The van der Waals surface area contributed by atoms with Crippen molar-refractivity contribution in [3.05, 3.63) is 16.1 Å². The van der Waals surface area contributed by atoms with Crippen molar-refractivity contribution in [3.63, 3.8) is 0 Å². The molecule has 23 heavy (non-hydrogen) atoms. The van der Waals surface area contributed by atoms with Gasteiger partial charge in [-0.1, -0.05) is 25.7 Å². The van der Waals surface area contributed by atoms with Crippen LogP contribution in [0.4, 0.5) is 4.79 Å². The Kier molecular flexibility index (Phi) is 5.21. The minimum absolute atomic E-state index is 0.0116. The number of nitrogens with zero attached hydrogens (tertiary/aromatic N) is 1. The van der Waals surface area contributed by atoms with Gasteiger partial charge in [-0.05, 0) is 38.5 Å². The predicted octanol–water partition coefficient (Wildman–Crippen LogP) is 3.29. The maximum Gasteiger partial charge on any atom is 0.315 e. The number of aryl methyl sites for hydroxylation is 1. The first-order chi connectivity index (χ1) is 11.1. The van der Waals surface area contributed by atoms with Crippen LogP contribution in [-0.2, 0) is 0 Å². The molecule has 2 saturated carbocycles. The molecule has 3 rings (SSSR count). The molecule has 3 N–H and O–H groups in total. The molecule has 0 unspecified atom stereocenters. The topological polar surface area (TPSA) is 74.2 Å². The van der Waals surface area contributed by atoms with Crippen LogP contribution in [0.2, 0.25) is 0 Å². The third-order valence-electron chi connectivity index (χ3n) is 4.90. The first kappa shape index (κ1) is 16.7. The van der Waals surface area contributed by atoms with Gasteiger partial charge in [0.25, 0.3) is 0 Å². The Bertz CT molecular complexity index is 534. The Labute approximate surface area is 141 Å². The zero-order chi connectivity index (χ0) is 16.3. The molecule has 5 nitrogen and oxygen atoms in total. The highest BCUT2D eigenvalue weighted by Crippen LogP contribution is 2.42. The Morgan fingerprint density at radius 1 is 1.39 bits per heavy atom. The van der Waals surface area contributed by atoms with E-state index in [0.29, 0.717) is 12.5 Å². The molecular weight excluding hydrogens is 310 g/mol. The van der Waals surface area contributed by atoms with Gasteiger partial charge >= 0.3 is 6.03 Å². The molecule has 1 heterocycles. The SMILES string of the molecule is Cc1cnc([C@@H](NC(=O)NCC2(O)CCCCCC2)C2CC2)s1. The molecule has 2 amide bonds. The van der Waals surface area contributed by atoms with Crippen LogP contribution in [0, 0.1) is 12.8 Å². The average molecular weight is 337 g/mol. The van der Waals surface area contributed by atoms with Gasteiger partial charge in [0.15, 0.2) is 0 Å². The van der Waals surface area contributed by atoms with Crippen molar-refractivity contribution in [1.82, 2.24) is 15.6 Å². The quantitative estimate of drug-likeness (QED) is 0.722. The number of urea groups is 1. The average Bonchev–Trinajstić information content (AvgIpc) is 3.30. The Balaban J connectivity index is 1.53. The van der Waals surface area contributed by atoms with E-state index in [1.54, 1.807) is 11.3 Å². The van der Waals surface area contributed by atoms with Gasteiger partial charge in [-0.15, -0.1) is 11.3 Å². The van der Waals surface area contributed by atoms with Crippen molar-refractivity contribution >= 4 is 17.4 Å². The highest BCUT2D eigenvalue weighted by Gasteiger charge is 2.36. The number of hydrogen-bond acceptors (Lipinski definition) is 4. The largest absolute Gasteiger partial charge is 0.388 e. The zero-order valence-corrected chi connectivity index (χ0v) is 14.6. The van der Waals surface area contributed by atoms with Crippen LogP contribution in [0.15, 0.2) is 6.20 Å². The number of carbonyl (C=O) groups is 1. The fraction of sp³-hybridized carbons (Fsp3) is 0.765. The van der Waals surface area contributed by atoms with E-state index in [9.17, 15) is 9.90 Å². The van der Waals surface area contributed by atoms with Crippen molar-refractivity contribution in [2.45, 2.75) is 69.9 Å². The van der Waals surface area contributed by atoms with E-state index >= 15 is 0 Å². The summed E-state index contributed by atoms with van der Waals surface area (Å²) in [5, 5.41) is 17.6. The summed E-state index contributed by atoms with van der Waals surface area (Å²) >= 11 is 1.65. The fourth-order valence-corrected chi connectivity index (χ4v) is 4.25. The number of carbonyl (C=O) groups excluding carboxylic acids is 1. The summed E-state index contributed by atoms with van der Waals surface area (Å²) in [5.74, 6) is 0.507. The first-order valence-corrected chi connectivity index (χ1v) is 9.56. The van der Waals surface area contributed by atoms with Crippen LogP contribution in [0.5, 0.6) is 0 Å². The smallest absolute Gasteiger partial charge is 0.315 e. The normalized spacial score (nSPS) is 22.2. The van der Waals surface area contributed by atoms with E-state index < -0.39 is 5.60 Å². The summed E-state index contributed by atoms with van der Waals surface area (Å²) in [6.45, 7) is 2.37. The van der Waals surface area contributed by atoms with Gasteiger partial charge in [0.05, 0.1) is 11.6 Å². The number of aliphatic hydroxyl groups is 1. The van der Waals surface area contributed by atoms with Gasteiger partial charge < -0.3 is 15.7 Å². The Hall–Kier alpha value is -1.14. The molecule has 6 heteroatoms. The van der Waals surface area contributed by atoms with Gasteiger partial charge in [0.2, 0.25) is 0 Å². The summed E-state index contributed by atoms with van der Waals surface area (Å²) in [7, 11) is 0. The molecule has 0 saturated heterocycles. The zero-order valence-electron chi connectivity index (χ0n) is 13.8. The molecule has 2 aliphatic rings. The molecule has 128 valence electrons. The molecule has 1 aromatic heterocycles. The van der Waals surface area contributed by atoms with Crippen LogP contribution < -0.4 is 10.6 Å². The lowest BCUT2D eigenvalue weighted by Crippen LogP contribution is -2.47. The van der Waals surface area contributed by atoms with Crippen molar-refractivity contribution in [3.8, 4) is 0 Å². The Morgan fingerprint density at radius 2 is 2.09 bits per heavy atom. The lowest BCUT2D eigenvalue weighted by Gasteiger charge is -2.27. The van der Waals surface area contributed by atoms with E-state index in [0.717, 1.165) is 43.5 Å². The lowest BCUT2D eigenvalue weighted by molar-refractivity contribution is 0.0275. The monoisotopic (exact) mass is 337 g/mol. The van der Waals surface area contributed by atoms with Crippen LogP contribution >= 0.6 is 11.3 Å². The van der Waals surface area contributed by atoms with Gasteiger partial charge in [0, 0.05) is 17.6 Å². The predicted molar refractivity (Wildman–Crippen MR) is 91.5 cm³/mol. The number of hydrogen-bond donors (Lipinski definition) is 3. The lowest BCUT2D eigenvalue weighted by atomic mass is 9.94. The Morgan fingerprint density at radius 3 is 2.65 bits per heavy atom. The van der Waals surface area contributed by atoms with Crippen LogP contribution in [-0.4, -0.2) is 28.3 Å². The second kappa shape index (κ2) is 7.18. The number of rotatable bonds is 5. The van der Waals surface area contributed by atoms with Crippen molar-refractivity contribution in [2.24, 2.45) is 5.92 Å².